The van der Waals surface area contributed by atoms with E-state index < -0.39 is 0 Å². The number of pyridine rings is 1. The van der Waals surface area contributed by atoms with Gasteiger partial charge in [-0.3, -0.25) is 4.98 Å². The number of hydrogen-bond acceptors (Lipinski definition) is 4. The van der Waals surface area contributed by atoms with Crippen LogP contribution in [0, 0.1) is 11.3 Å². The summed E-state index contributed by atoms with van der Waals surface area (Å²) in [5, 5.41) is 12.1. The molecule has 4 heteroatoms. The van der Waals surface area contributed by atoms with Gasteiger partial charge in [0.1, 0.15) is 0 Å². The normalized spacial score (nSPS) is 11.7. The Morgan fingerprint density at radius 3 is 2.68 bits per heavy atom. The Kier molecular flexibility index (Phi) is 5.93. The molecule has 1 heterocycles. The van der Waals surface area contributed by atoms with Crippen LogP contribution in [0.3, 0.4) is 0 Å². The van der Waals surface area contributed by atoms with Gasteiger partial charge in [-0.1, -0.05) is 18.2 Å². The molecule has 0 aliphatic heterocycles. The Hall–Kier alpha value is -2.38. The second-order valence-electron chi connectivity index (χ2n) is 5.39. The molecule has 0 bridgehead atoms. The number of benzene rings is 1. The Labute approximate surface area is 132 Å². The average Bonchev–Trinajstić information content (AvgIpc) is 2.58. The van der Waals surface area contributed by atoms with Crippen LogP contribution in [0.5, 0.6) is 0 Å². The zero-order chi connectivity index (χ0) is 15.8. The molecule has 0 fully saturated rings. The first kappa shape index (κ1) is 16.0. The van der Waals surface area contributed by atoms with E-state index in [-0.39, 0.29) is 6.04 Å². The second-order valence-corrected chi connectivity index (χ2v) is 5.39. The second kappa shape index (κ2) is 8.16. The zero-order valence-corrected chi connectivity index (χ0v) is 13.2. The van der Waals surface area contributed by atoms with Crippen LogP contribution in [0.4, 0.5) is 5.69 Å². The van der Waals surface area contributed by atoms with Crippen molar-refractivity contribution >= 4 is 5.69 Å². The molecule has 1 aromatic carbocycles. The van der Waals surface area contributed by atoms with Crippen molar-refractivity contribution in [2.45, 2.75) is 25.9 Å². The third kappa shape index (κ3) is 4.57. The van der Waals surface area contributed by atoms with Crippen molar-refractivity contribution in [3.05, 3.63) is 59.9 Å². The lowest BCUT2D eigenvalue weighted by molar-refractivity contribution is 0.573. The Balaban J connectivity index is 1.88. The molecule has 4 nitrogen and oxygen atoms in total. The number of rotatable bonds is 7. The predicted octanol–water partition coefficient (Wildman–Crippen LogP) is 3.28. The van der Waals surface area contributed by atoms with E-state index in [1.807, 2.05) is 19.3 Å². The molecule has 1 aromatic heterocycles. The highest BCUT2D eigenvalue weighted by Gasteiger charge is 2.05. The fourth-order valence-corrected chi connectivity index (χ4v) is 2.24. The van der Waals surface area contributed by atoms with E-state index in [0.717, 1.165) is 18.8 Å². The van der Waals surface area contributed by atoms with Crippen molar-refractivity contribution in [2.24, 2.45) is 0 Å². The summed E-state index contributed by atoms with van der Waals surface area (Å²) in [5.74, 6) is 0. The van der Waals surface area contributed by atoms with Gasteiger partial charge < -0.3 is 10.2 Å². The fraction of sp³-hybridized carbons (Fsp3) is 0.333. The molecule has 0 aliphatic rings. The molecule has 114 valence electrons. The molecule has 22 heavy (non-hydrogen) atoms. The maximum atomic E-state index is 8.63. The summed E-state index contributed by atoms with van der Waals surface area (Å²) in [5.41, 5.74) is 3.57. The summed E-state index contributed by atoms with van der Waals surface area (Å²) >= 11 is 0. The molecular weight excluding hydrogens is 272 g/mol. The third-order valence-corrected chi connectivity index (χ3v) is 3.73. The van der Waals surface area contributed by atoms with Gasteiger partial charge in [-0.2, -0.15) is 5.26 Å². The minimum absolute atomic E-state index is 0.270. The first-order valence-corrected chi connectivity index (χ1v) is 7.51. The van der Waals surface area contributed by atoms with Gasteiger partial charge in [-0.25, -0.2) is 0 Å². The molecule has 0 saturated heterocycles. The van der Waals surface area contributed by atoms with E-state index in [1.165, 1.54) is 11.1 Å². The van der Waals surface area contributed by atoms with E-state index >= 15 is 0 Å². The highest BCUT2D eigenvalue weighted by molar-refractivity contribution is 5.46. The number of hydrogen-bond donors (Lipinski definition) is 1. The highest BCUT2D eigenvalue weighted by Crippen LogP contribution is 2.15. The summed E-state index contributed by atoms with van der Waals surface area (Å²) in [4.78, 5) is 6.24. The van der Waals surface area contributed by atoms with Gasteiger partial charge in [0.25, 0.3) is 0 Å². The van der Waals surface area contributed by atoms with Gasteiger partial charge in [0.2, 0.25) is 0 Å². The van der Waals surface area contributed by atoms with E-state index in [9.17, 15) is 0 Å². The lowest BCUT2D eigenvalue weighted by Crippen LogP contribution is -2.19. The molecule has 2 rings (SSSR count). The molecular formula is C18H22N4. The molecule has 0 unspecified atom stereocenters. The van der Waals surface area contributed by atoms with E-state index in [0.29, 0.717) is 6.42 Å². The van der Waals surface area contributed by atoms with Crippen LogP contribution in [0.2, 0.25) is 0 Å². The fourth-order valence-electron chi connectivity index (χ4n) is 2.24. The van der Waals surface area contributed by atoms with Crippen LogP contribution in [0.1, 0.15) is 30.5 Å². The molecule has 0 radical (unpaired) electrons. The van der Waals surface area contributed by atoms with Crippen LogP contribution >= 0.6 is 0 Å². The molecule has 0 saturated carbocycles. The minimum Gasteiger partial charge on any atom is -0.374 e. The summed E-state index contributed by atoms with van der Waals surface area (Å²) in [7, 11) is 2.01. The Morgan fingerprint density at radius 2 is 2.05 bits per heavy atom. The lowest BCUT2D eigenvalue weighted by atomic mass is 10.1. The molecule has 0 aliphatic carbocycles. The van der Waals surface area contributed by atoms with E-state index in [1.54, 1.807) is 6.20 Å². The summed E-state index contributed by atoms with van der Waals surface area (Å²) < 4.78 is 0. The third-order valence-electron chi connectivity index (χ3n) is 3.73. The molecule has 0 spiro atoms. The van der Waals surface area contributed by atoms with Crippen molar-refractivity contribution < 1.29 is 0 Å². The van der Waals surface area contributed by atoms with Crippen LogP contribution in [-0.2, 0) is 6.54 Å². The average molecular weight is 294 g/mol. The standard InChI is InChI=1S/C18H22N4/c1-15(17-5-3-11-20-14-17)21-13-16-6-8-18(9-7-16)22(2)12-4-10-19/h3,5-9,11,14-15,21H,4,12-13H2,1-2H3/t15-/m1/s1. The number of nitrogens with one attached hydrogen (secondary N) is 1. The van der Waals surface area contributed by atoms with Crippen LogP contribution in [0.25, 0.3) is 0 Å². The van der Waals surface area contributed by atoms with Gasteiger partial charge in [0, 0.05) is 44.3 Å². The van der Waals surface area contributed by atoms with E-state index in [4.69, 9.17) is 5.26 Å². The maximum Gasteiger partial charge on any atom is 0.0640 e. The molecule has 2 aromatic rings. The Morgan fingerprint density at radius 1 is 1.27 bits per heavy atom. The predicted molar refractivity (Wildman–Crippen MR) is 89.4 cm³/mol. The number of nitrogens with zero attached hydrogens (tertiary/aromatic N) is 3. The molecule has 1 atom stereocenters. The number of anilines is 1. The van der Waals surface area contributed by atoms with Gasteiger partial charge in [-0.05, 0) is 36.2 Å². The molecule has 1 N–H and O–H groups in total. The number of aromatic nitrogens is 1. The van der Waals surface area contributed by atoms with Gasteiger partial charge >= 0.3 is 0 Å². The lowest BCUT2D eigenvalue weighted by Gasteiger charge is -2.18. The topological polar surface area (TPSA) is 52.0 Å². The first-order valence-electron chi connectivity index (χ1n) is 7.51. The highest BCUT2D eigenvalue weighted by atomic mass is 15.1. The summed E-state index contributed by atoms with van der Waals surface area (Å²) in [6.07, 6.45) is 4.23. The van der Waals surface area contributed by atoms with Crippen LogP contribution in [0.15, 0.2) is 48.8 Å². The van der Waals surface area contributed by atoms with Gasteiger partial charge in [0.15, 0.2) is 0 Å². The van der Waals surface area contributed by atoms with Crippen molar-refractivity contribution in [1.82, 2.24) is 10.3 Å². The van der Waals surface area contributed by atoms with Crippen molar-refractivity contribution in [2.75, 3.05) is 18.5 Å². The summed E-state index contributed by atoms with van der Waals surface area (Å²) in [6.45, 7) is 3.71. The maximum absolute atomic E-state index is 8.63. The monoisotopic (exact) mass is 294 g/mol. The van der Waals surface area contributed by atoms with Crippen molar-refractivity contribution in [1.29, 1.82) is 5.26 Å². The smallest absolute Gasteiger partial charge is 0.0640 e. The summed E-state index contributed by atoms with van der Waals surface area (Å²) in [6, 6.07) is 14.9. The SMILES string of the molecule is C[C@@H](NCc1ccc(N(C)CCC#N)cc1)c1cccnc1. The van der Waals surface area contributed by atoms with E-state index in [2.05, 4.69) is 58.5 Å². The van der Waals surface area contributed by atoms with Crippen molar-refractivity contribution in [3.63, 3.8) is 0 Å². The van der Waals surface area contributed by atoms with Crippen LogP contribution in [-0.4, -0.2) is 18.6 Å². The first-order chi connectivity index (χ1) is 10.7. The van der Waals surface area contributed by atoms with Gasteiger partial charge in [-0.15, -0.1) is 0 Å². The zero-order valence-electron chi connectivity index (χ0n) is 13.2. The largest absolute Gasteiger partial charge is 0.374 e. The van der Waals surface area contributed by atoms with Gasteiger partial charge in [0.05, 0.1) is 12.5 Å². The number of nitriles is 1. The minimum atomic E-state index is 0.270. The molecule has 0 amide bonds. The van der Waals surface area contributed by atoms with Crippen LogP contribution < -0.4 is 10.2 Å². The van der Waals surface area contributed by atoms with Crippen molar-refractivity contribution in [3.8, 4) is 6.07 Å². The quantitative estimate of drug-likeness (QED) is 0.851. The Bertz CT molecular complexity index is 601.